The second kappa shape index (κ2) is 10.3. The molecule has 3 aliphatic rings. The minimum absolute atomic E-state index is 0.435. The second-order valence-corrected chi connectivity index (χ2v) is 12.1. The summed E-state index contributed by atoms with van der Waals surface area (Å²) in [6.07, 6.45) is 4.17. The van der Waals surface area contributed by atoms with Crippen molar-refractivity contribution in [1.82, 2.24) is 0 Å². The maximum Gasteiger partial charge on any atom is 0.142 e. The van der Waals surface area contributed by atoms with Crippen LogP contribution in [-0.4, -0.2) is 31.5 Å². The van der Waals surface area contributed by atoms with E-state index in [9.17, 15) is 5.11 Å². The number of aliphatic hydroxyl groups is 1. The lowest BCUT2D eigenvalue weighted by molar-refractivity contribution is 0.0851. The van der Waals surface area contributed by atoms with Crippen LogP contribution in [0.25, 0.3) is 22.3 Å². The third-order valence-corrected chi connectivity index (χ3v) is 9.51. The molecule has 0 radical (unpaired) electrons. The molecule has 4 aromatic rings. The predicted octanol–water partition coefficient (Wildman–Crippen LogP) is 8.17. The van der Waals surface area contributed by atoms with Gasteiger partial charge in [0.25, 0.3) is 0 Å². The standard InChI is InChI=1S/C35H33BrO3/c36-28-10-12-31-30-3-1-2-4-32(30)35(37,34(31)22-28)33-21-27(25-15-19-39-20-16-25)9-11-29(33)26-7-5-23(6-8-26)24-13-17-38-18-14-24/h1-12,21-22,24-25,37H,13-20H2. The Kier molecular flexibility index (Phi) is 6.68. The third kappa shape index (κ3) is 4.38. The lowest BCUT2D eigenvalue weighted by Gasteiger charge is -2.31. The highest BCUT2D eigenvalue weighted by Gasteiger charge is 2.44. The molecule has 7 rings (SSSR count). The van der Waals surface area contributed by atoms with E-state index in [2.05, 4.69) is 94.8 Å². The molecule has 1 atom stereocenters. The van der Waals surface area contributed by atoms with Gasteiger partial charge in [0, 0.05) is 47.6 Å². The van der Waals surface area contributed by atoms with Gasteiger partial charge < -0.3 is 14.6 Å². The minimum Gasteiger partial charge on any atom is -0.381 e. The van der Waals surface area contributed by atoms with Crippen molar-refractivity contribution in [2.75, 3.05) is 26.4 Å². The van der Waals surface area contributed by atoms with Crippen molar-refractivity contribution >= 4 is 15.9 Å². The minimum atomic E-state index is -1.26. The average Bonchev–Trinajstić information content (AvgIpc) is 3.26. The monoisotopic (exact) mass is 580 g/mol. The van der Waals surface area contributed by atoms with Crippen molar-refractivity contribution in [3.8, 4) is 22.3 Å². The Morgan fingerprint density at radius 1 is 0.590 bits per heavy atom. The molecule has 4 heteroatoms. The molecule has 198 valence electrons. The van der Waals surface area contributed by atoms with E-state index in [1.165, 1.54) is 11.1 Å². The highest BCUT2D eigenvalue weighted by Crippen LogP contribution is 2.54. The van der Waals surface area contributed by atoms with Gasteiger partial charge in [0.1, 0.15) is 5.60 Å². The van der Waals surface area contributed by atoms with Crippen molar-refractivity contribution in [3.63, 3.8) is 0 Å². The Morgan fingerprint density at radius 2 is 1.15 bits per heavy atom. The molecule has 0 bridgehead atoms. The van der Waals surface area contributed by atoms with Crippen LogP contribution in [0.4, 0.5) is 0 Å². The fourth-order valence-electron chi connectivity index (χ4n) is 6.88. The second-order valence-electron chi connectivity index (χ2n) is 11.1. The van der Waals surface area contributed by atoms with Gasteiger partial charge in [0.15, 0.2) is 0 Å². The maximum atomic E-state index is 13.0. The molecule has 4 aromatic carbocycles. The maximum absolute atomic E-state index is 13.0. The Labute approximate surface area is 238 Å². The number of hydrogen-bond donors (Lipinski definition) is 1. The van der Waals surface area contributed by atoms with Gasteiger partial charge in [-0.15, -0.1) is 0 Å². The van der Waals surface area contributed by atoms with Crippen LogP contribution in [0.1, 0.15) is 65.3 Å². The average molecular weight is 582 g/mol. The molecule has 39 heavy (non-hydrogen) atoms. The Hall–Kier alpha value is -2.76. The van der Waals surface area contributed by atoms with E-state index in [0.717, 1.165) is 95.5 Å². The van der Waals surface area contributed by atoms with Crippen LogP contribution in [0, 0.1) is 0 Å². The van der Waals surface area contributed by atoms with Crippen LogP contribution in [0.3, 0.4) is 0 Å². The van der Waals surface area contributed by atoms with Gasteiger partial charge in [-0.1, -0.05) is 88.7 Å². The summed E-state index contributed by atoms with van der Waals surface area (Å²) < 4.78 is 12.2. The van der Waals surface area contributed by atoms with Gasteiger partial charge in [-0.3, -0.25) is 0 Å². The molecule has 2 heterocycles. The zero-order valence-electron chi connectivity index (χ0n) is 22.0. The summed E-state index contributed by atoms with van der Waals surface area (Å²) in [6.45, 7) is 3.26. The van der Waals surface area contributed by atoms with Crippen molar-refractivity contribution in [3.05, 3.63) is 117 Å². The normalized spacial score (nSPS) is 21.5. The number of halogens is 1. The quantitative estimate of drug-likeness (QED) is 0.264. The Morgan fingerprint density at radius 3 is 1.87 bits per heavy atom. The largest absolute Gasteiger partial charge is 0.381 e. The summed E-state index contributed by atoms with van der Waals surface area (Å²) in [6, 6.07) is 30.4. The summed E-state index contributed by atoms with van der Waals surface area (Å²) in [7, 11) is 0. The highest BCUT2D eigenvalue weighted by molar-refractivity contribution is 9.10. The molecule has 2 aliphatic heterocycles. The van der Waals surface area contributed by atoms with Gasteiger partial charge in [0.05, 0.1) is 0 Å². The number of hydrogen-bond acceptors (Lipinski definition) is 3. The fraction of sp³-hybridized carbons (Fsp3) is 0.314. The van der Waals surface area contributed by atoms with Crippen molar-refractivity contribution < 1.29 is 14.6 Å². The molecule has 1 unspecified atom stereocenters. The lowest BCUT2D eigenvalue weighted by Crippen LogP contribution is -2.27. The third-order valence-electron chi connectivity index (χ3n) is 9.02. The van der Waals surface area contributed by atoms with Crippen molar-refractivity contribution in [1.29, 1.82) is 0 Å². The summed E-state index contributed by atoms with van der Waals surface area (Å²) >= 11 is 3.69. The van der Waals surface area contributed by atoms with Crippen molar-refractivity contribution in [2.45, 2.75) is 43.1 Å². The van der Waals surface area contributed by atoms with Crippen molar-refractivity contribution in [2.24, 2.45) is 0 Å². The Balaban J connectivity index is 1.41. The first kappa shape index (κ1) is 25.2. The molecule has 3 nitrogen and oxygen atoms in total. The van der Waals surface area contributed by atoms with Crippen LogP contribution in [0.2, 0.25) is 0 Å². The van der Waals surface area contributed by atoms with Gasteiger partial charge in [-0.25, -0.2) is 0 Å². The first-order chi connectivity index (χ1) is 19.1. The van der Waals surface area contributed by atoms with Crippen LogP contribution in [0.15, 0.2) is 89.4 Å². The topological polar surface area (TPSA) is 38.7 Å². The molecule has 0 amide bonds. The molecule has 0 aromatic heterocycles. The molecular formula is C35H33BrO3. The van der Waals surface area contributed by atoms with E-state index >= 15 is 0 Å². The Bertz CT molecular complexity index is 1500. The molecule has 1 N–H and O–H groups in total. The number of ether oxygens (including phenoxy) is 2. The summed E-state index contributed by atoms with van der Waals surface area (Å²) in [5.41, 5.74) is 8.63. The fourth-order valence-corrected chi connectivity index (χ4v) is 7.24. The van der Waals surface area contributed by atoms with Gasteiger partial charge >= 0.3 is 0 Å². The van der Waals surface area contributed by atoms with Crippen LogP contribution < -0.4 is 0 Å². The number of benzene rings is 4. The molecule has 1 aliphatic carbocycles. The van der Waals surface area contributed by atoms with E-state index < -0.39 is 5.60 Å². The van der Waals surface area contributed by atoms with E-state index in [1.54, 1.807) is 0 Å². The van der Waals surface area contributed by atoms with Gasteiger partial charge in [-0.2, -0.15) is 0 Å². The van der Waals surface area contributed by atoms with Gasteiger partial charge in [0.2, 0.25) is 0 Å². The van der Waals surface area contributed by atoms with Crippen LogP contribution >= 0.6 is 15.9 Å². The smallest absolute Gasteiger partial charge is 0.142 e. The first-order valence-corrected chi connectivity index (χ1v) is 14.9. The van der Waals surface area contributed by atoms with E-state index in [4.69, 9.17) is 9.47 Å². The van der Waals surface area contributed by atoms with Gasteiger partial charge in [-0.05, 0) is 83.0 Å². The van der Waals surface area contributed by atoms with E-state index in [0.29, 0.717) is 11.8 Å². The zero-order valence-corrected chi connectivity index (χ0v) is 23.6. The summed E-state index contributed by atoms with van der Waals surface area (Å²) in [4.78, 5) is 0. The summed E-state index contributed by atoms with van der Waals surface area (Å²) in [5.74, 6) is 0.989. The zero-order chi connectivity index (χ0) is 26.4. The molecule has 0 spiro atoms. The lowest BCUT2D eigenvalue weighted by atomic mass is 9.77. The predicted molar refractivity (Wildman–Crippen MR) is 159 cm³/mol. The SMILES string of the molecule is OC1(c2cc(C3CCOCC3)ccc2-c2ccc(C3CCOCC3)cc2)c2ccccc2-c2ccc(Br)cc21. The molecule has 2 saturated heterocycles. The number of rotatable bonds is 4. The molecule has 0 saturated carbocycles. The number of fused-ring (bicyclic) bond motifs is 3. The first-order valence-electron chi connectivity index (χ1n) is 14.2. The summed E-state index contributed by atoms with van der Waals surface area (Å²) in [5, 5.41) is 13.0. The van der Waals surface area contributed by atoms with Crippen LogP contribution in [0.5, 0.6) is 0 Å². The molecular weight excluding hydrogens is 548 g/mol. The highest BCUT2D eigenvalue weighted by atomic mass is 79.9. The molecule has 2 fully saturated rings. The van der Waals surface area contributed by atoms with Crippen LogP contribution in [-0.2, 0) is 15.1 Å². The van der Waals surface area contributed by atoms with E-state index in [1.807, 2.05) is 6.07 Å². The van der Waals surface area contributed by atoms with E-state index in [-0.39, 0.29) is 0 Å².